The maximum absolute atomic E-state index is 7.81. The third-order valence-electron chi connectivity index (χ3n) is 3.64. The Labute approximate surface area is 128 Å². The van der Waals surface area contributed by atoms with Crippen molar-refractivity contribution in [3.63, 3.8) is 0 Å². The molecule has 0 saturated heterocycles. The number of aromatic nitrogens is 1. The maximum atomic E-state index is 7.81. The van der Waals surface area contributed by atoms with Crippen LogP contribution in [-0.4, -0.2) is 4.98 Å². The standard InChI is InChI=1S/C19H15NO/c1-12-6-7-14-15-4-3-5-16(19(15)21-18(14)11-12)17-10-13(2)8-9-20-17/h3-11H,1-2H3/i2D3,8D. The van der Waals surface area contributed by atoms with Gasteiger partial charge in [-0.25, -0.2) is 0 Å². The molecule has 4 rings (SSSR count). The molecule has 0 aliphatic rings. The van der Waals surface area contributed by atoms with Gasteiger partial charge in [-0.3, -0.25) is 4.98 Å². The first-order valence-corrected chi connectivity index (χ1v) is 6.74. The molecule has 2 aromatic heterocycles. The summed E-state index contributed by atoms with van der Waals surface area (Å²) in [4.78, 5) is 4.26. The fourth-order valence-electron chi connectivity index (χ4n) is 2.64. The maximum Gasteiger partial charge on any atom is 0.144 e. The summed E-state index contributed by atoms with van der Waals surface area (Å²) in [7, 11) is 0. The van der Waals surface area contributed by atoms with E-state index >= 15 is 0 Å². The molecule has 102 valence electrons. The Kier molecular flexibility index (Phi) is 1.83. The summed E-state index contributed by atoms with van der Waals surface area (Å²) < 4.78 is 36.7. The highest BCUT2D eigenvalue weighted by Crippen LogP contribution is 2.35. The monoisotopic (exact) mass is 277 g/mol. The molecule has 2 nitrogen and oxygen atoms in total. The van der Waals surface area contributed by atoms with Gasteiger partial charge in [0, 0.05) is 26.6 Å². The second-order valence-corrected chi connectivity index (χ2v) is 5.13. The molecular formula is C19H15NO. The Bertz CT molecular complexity index is 1110. The molecular weight excluding hydrogens is 258 g/mol. The molecule has 0 spiro atoms. The molecule has 2 heterocycles. The van der Waals surface area contributed by atoms with E-state index < -0.39 is 6.85 Å². The second-order valence-electron chi connectivity index (χ2n) is 5.13. The van der Waals surface area contributed by atoms with E-state index in [0.717, 1.165) is 27.5 Å². The first-order valence-electron chi connectivity index (χ1n) is 8.74. The minimum atomic E-state index is -2.35. The van der Waals surface area contributed by atoms with Crippen molar-refractivity contribution in [1.82, 2.24) is 4.98 Å². The zero-order valence-electron chi connectivity index (χ0n) is 15.5. The predicted molar refractivity (Wildman–Crippen MR) is 86.4 cm³/mol. The van der Waals surface area contributed by atoms with E-state index in [9.17, 15) is 0 Å². The number of fused-ring (bicyclic) bond motifs is 3. The highest BCUT2D eigenvalue weighted by atomic mass is 16.3. The SMILES string of the molecule is [2H]c1cnc(-c2cccc3c2oc2cc(C)ccc23)cc1C([2H])([2H])[2H]. The number of hydrogen-bond donors (Lipinski definition) is 0. The van der Waals surface area contributed by atoms with Gasteiger partial charge in [-0.2, -0.15) is 0 Å². The van der Waals surface area contributed by atoms with Gasteiger partial charge in [0.1, 0.15) is 11.2 Å². The van der Waals surface area contributed by atoms with Crippen LogP contribution in [0.15, 0.2) is 59.1 Å². The molecule has 0 amide bonds. The quantitative estimate of drug-likeness (QED) is 0.474. The van der Waals surface area contributed by atoms with E-state index in [-0.39, 0.29) is 11.6 Å². The summed E-state index contributed by atoms with van der Waals surface area (Å²) in [6.07, 6.45) is 1.28. The number of hydrogen-bond acceptors (Lipinski definition) is 2. The van der Waals surface area contributed by atoms with Crippen LogP contribution in [0.5, 0.6) is 0 Å². The van der Waals surface area contributed by atoms with Crippen molar-refractivity contribution in [2.75, 3.05) is 0 Å². The number of furan rings is 1. The third-order valence-corrected chi connectivity index (χ3v) is 3.64. The van der Waals surface area contributed by atoms with E-state index in [1.54, 1.807) is 0 Å². The Hall–Kier alpha value is -2.61. The molecule has 2 heteroatoms. The Morgan fingerprint density at radius 2 is 2.05 bits per heavy atom. The summed E-state index contributed by atoms with van der Waals surface area (Å²) >= 11 is 0. The van der Waals surface area contributed by atoms with Crippen molar-refractivity contribution in [2.45, 2.75) is 13.8 Å². The highest BCUT2D eigenvalue weighted by molar-refractivity contribution is 6.09. The first-order chi connectivity index (χ1) is 11.8. The molecule has 0 atom stereocenters. The van der Waals surface area contributed by atoms with Gasteiger partial charge in [0.2, 0.25) is 0 Å². The summed E-state index contributed by atoms with van der Waals surface area (Å²) in [6.45, 7) is -0.349. The average Bonchev–Trinajstić information content (AvgIpc) is 2.91. The van der Waals surface area contributed by atoms with Gasteiger partial charge in [-0.1, -0.05) is 24.3 Å². The van der Waals surface area contributed by atoms with E-state index in [0.29, 0.717) is 11.3 Å². The average molecular weight is 277 g/mol. The lowest BCUT2D eigenvalue weighted by molar-refractivity contribution is 0.669. The zero-order chi connectivity index (χ0) is 17.8. The molecule has 0 bridgehead atoms. The van der Waals surface area contributed by atoms with Crippen LogP contribution in [0.1, 0.15) is 16.6 Å². The molecule has 4 aromatic rings. The first kappa shape index (κ1) is 8.63. The number of rotatable bonds is 1. The minimum absolute atomic E-state index is 0.0125. The fraction of sp³-hybridized carbons (Fsp3) is 0.105. The van der Waals surface area contributed by atoms with E-state index in [1.165, 1.54) is 12.3 Å². The van der Waals surface area contributed by atoms with Crippen molar-refractivity contribution in [3.8, 4) is 11.3 Å². The Balaban J connectivity index is 2.00. The lowest BCUT2D eigenvalue weighted by Crippen LogP contribution is -1.84. The van der Waals surface area contributed by atoms with E-state index in [2.05, 4.69) is 4.98 Å². The van der Waals surface area contributed by atoms with Gasteiger partial charge < -0.3 is 4.42 Å². The summed E-state index contributed by atoms with van der Waals surface area (Å²) in [6, 6.07) is 13.1. The largest absolute Gasteiger partial charge is 0.455 e. The molecule has 2 aromatic carbocycles. The summed E-state index contributed by atoms with van der Waals surface area (Å²) in [5.74, 6) is 0. The van der Waals surface area contributed by atoms with Crippen molar-refractivity contribution in [2.24, 2.45) is 0 Å². The zero-order valence-corrected chi connectivity index (χ0v) is 11.5. The van der Waals surface area contributed by atoms with Gasteiger partial charge in [0.25, 0.3) is 0 Å². The number of benzene rings is 2. The van der Waals surface area contributed by atoms with Crippen LogP contribution in [0.2, 0.25) is 0 Å². The molecule has 0 aliphatic carbocycles. The van der Waals surface area contributed by atoms with Crippen molar-refractivity contribution in [3.05, 3.63) is 65.8 Å². The molecule has 0 saturated carbocycles. The molecule has 0 radical (unpaired) electrons. The van der Waals surface area contributed by atoms with E-state index in [4.69, 9.17) is 9.90 Å². The van der Waals surface area contributed by atoms with Crippen LogP contribution in [-0.2, 0) is 0 Å². The third kappa shape index (κ3) is 1.91. The second kappa shape index (κ2) is 4.45. The number of aryl methyl sites for hydroxylation is 2. The highest BCUT2D eigenvalue weighted by Gasteiger charge is 2.12. The van der Waals surface area contributed by atoms with Crippen molar-refractivity contribution in [1.29, 1.82) is 0 Å². The predicted octanol–water partition coefficient (Wildman–Crippen LogP) is 5.26. The van der Waals surface area contributed by atoms with Crippen LogP contribution >= 0.6 is 0 Å². The van der Waals surface area contributed by atoms with Gasteiger partial charge in [0.05, 0.1) is 7.06 Å². The van der Waals surface area contributed by atoms with E-state index in [1.807, 2.05) is 43.3 Å². The molecule has 0 fully saturated rings. The van der Waals surface area contributed by atoms with Crippen LogP contribution in [0.25, 0.3) is 33.2 Å². The molecule has 0 unspecified atom stereocenters. The summed E-state index contributed by atoms with van der Waals surface area (Å²) in [5.41, 5.74) is 3.76. The fourth-order valence-corrected chi connectivity index (χ4v) is 2.64. The molecule has 0 N–H and O–H groups in total. The molecule has 0 aliphatic heterocycles. The number of pyridine rings is 1. The summed E-state index contributed by atoms with van der Waals surface area (Å²) in [5, 5.41) is 1.97. The van der Waals surface area contributed by atoms with Crippen LogP contribution < -0.4 is 0 Å². The Morgan fingerprint density at radius 1 is 1.10 bits per heavy atom. The minimum Gasteiger partial charge on any atom is -0.455 e. The van der Waals surface area contributed by atoms with Crippen LogP contribution in [0.3, 0.4) is 0 Å². The van der Waals surface area contributed by atoms with Crippen LogP contribution in [0, 0.1) is 13.8 Å². The molecule has 21 heavy (non-hydrogen) atoms. The van der Waals surface area contributed by atoms with Crippen molar-refractivity contribution < 1.29 is 9.90 Å². The van der Waals surface area contributed by atoms with Crippen LogP contribution in [0.4, 0.5) is 0 Å². The van der Waals surface area contributed by atoms with Gasteiger partial charge in [-0.15, -0.1) is 0 Å². The topological polar surface area (TPSA) is 26.0 Å². The lowest BCUT2D eigenvalue weighted by Gasteiger charge is -2.02. The normalized spacial score (nSPS) is 14.7. The van der Waals surface area contributed by atoms with Gasteiger partial charge >= 0.3 is 0 Å². The van der Waals surface area contributed by atoms with Gasteiger partial charge in [0.15, 0.2) is 0 Å². The van der Waals surface area contributed by atoms with Gasteiger partial charge in [-0.05, 0) is 49.1 Å². The number of nitrogens with zero attached hydrogens (tertiary/aromatic N) is 1. The van der Waals surface area contributed by atoms with Crippen molar-refractivity contribution >= 4 is 21.9 Å². The lowest BCUT2D eigenvalue weighted by atomic mass is 10.0. The Morgan fingerprint density at radius 3 is 2.95 bits per heavy atom. The smallest absolute Gasteiger partial charge is 0.144 e. The number of para-hydroxylation sites is 1.